The number of fused-ring (bicyclic) bond motifs is 1. The molecule has 0 radical (unpaired) electrons. The van der Waals surface area contributed by atoms with Crippen LogP contribution in [-0.2, 0) is 19.2 Å². The van der Waals surface area contributed by atoms with Crippen molar-refractivity contribution in [3.8, 4) is 0 Å². The quantitative estimate of drug-likeness (QED) is 0.400. The van der Waals surface area contributed by atoms with Crippen molar-refractivity contribution < 1.29 is 37.4 Å². The summed E-state index contributed by atoms with van der Waals surface area (Å²) in [5.41, 5.74) is -0.698. The predicted molar refractivity (Wildman–Crippen MR) is 148 cm³/mol. The Balaban J connectivity index is 1.49. The molecule has 226 valence electrons. The molecule has 0 aliphatic carbocycles. The number of amidine groups is 1. The second kappa shape index (κ2) is 11.6. The van der Waals surface area contributed by atoms with Crippen LogP contribution in [0, 0.1) is 11.2 Å². The number of benzene rings is 1. The summed E-state index contributed by atoms with van der Waals surface area (Å²) in [6.45, 7) is 2.22. The number of aromatic nitrogens is 1. The first-order valence-corrected chi connectivity index (χ1v) is 14.3. The molecule has 1 aromatic heterocycles. The molecule has 0 saturated carbocycles. The SMILES string of the molecule is COC(=O)C1=C(CN2CC(F)(F)C3C2CON3CCC(C)(C)C(=O)O)NC(c2nccs2)=NC1c1cccc(F)c1Cl. The van der Waals surface area contributed by atoms with Gasteiger partial charge in [0, 0.05) is 35.9 Å². The summed E-state index contributed by atoms with van der Waals surface area (Å²) >= 11 is 7.58. The fraction of sp³-hybridized carbons (Fsp3) is 0.481. The van der Waals surface area contributed by atoms with Gasteiger partial charge in [-0.1, -0.05) is 23.7 Å². The highest BCUT2D eigenvalue weighted by Gasteiger charge is 2.61. The molecule has 3 atom stereocenters. The van der Waals surface area contributed by atoms with Crippen LogP contribution in [0.5, 0.6) is 0 Å². The van der Waals surface area contributed by atoms with Gasteiger partial charge in [0.1, 0.15) is 17.9 Å². The van der Waals surface area contributed by atoms with E-state index in [1.165, 1.54) is 60.5 Å². The molecular formula is C27H29ClF3N5O5S. The number of hydroxylamine groups is 2. The molecule has 2 aromatic rings. The number of carboxylic acids is 1. The van der Waals surface area contributed by atoms with Crippen molar-refractivity contribution in [1.29, 1.82) is 0 Å². The largest absolute Gasteiger partial charge is 0.481 e. The molecule has 4 heterocycles. The molecule has 15 heteroatoms. The lowest BCUT2D eigenvalue weighted by Gasteiger charge is -2.30. The van der Waals surface area contributed by atoms with Crippen molar-refractivity contribution in [3.05, 3.63) is 62.5 Å². The number of carbonyl (C=O) groups is 2. The van der Waals surface area contributed by atoms with Gasteiger partial charge < -0.3 is 15.2 Å². The van der Waals surface area contributed by atoms with E-state index in [0.717, 1.165) is 0 Å². The van der Waals surface area contributed by atoms with E-state index in [4.69, 9.17) is 21.2 Å². The molecule has 2 N–H and O–H groups in total. The highest BCUT2D eigenvalue weighted by atomic mass is 35.5. The molecule has 42 heavy (non-hydrogen) atoms. The van der Waals surface area contributed by atoms with Crippen molar-refractivity contribution in [2.45, 2.75) is 44.3 Å². The number of nitrogens with zero attached hydrogens (tertiary/aromatic N) is 4. The molecule has 2 saturated heterocycles. The zero-order chi connectivity index (χ0) is 30.4. The maximum absolute atomic E-state index is 15.5. The van der Waals surface area contributed by atoms with Gasteiger partial charge in [0.25, 0.3) is 5.92 Å². The lowest BCUT2D eigenvalue weighted by atomic mass is 9.89. The maximum atomic E-state index is 15.5. The molecule has 0 amide bonds. The van der Waals surface area contributed by atoms with Gasteiger partial charge in [0.05, 0.1) is 42.3 Å². The minimum absolute atomic E-state index is 0.000743. The minimum atomic E-state index is -3.20. The monoisotopic (exact) mass is 627 g/mol. The van der Waals surface area contributed by atoms with Crippen molar-refractivity contribution in [2.24, 2.45) is 10.4 Å². The molecule has 3 aliphatic rings. The van der Waals surface area contributed by atoms with Crippen LogP contribution in [-0.4, -0.2) is 89.2 Å². The van der Waals surface area contributed by atoms with Gasteiger partial charge >= 0.3 is 11.9 Å². The molecule has 1 aromatic carbocycles. The molecule has 3 aliphatic heterocycles. The van der Waals surface area contributed by atoms with Crippen LogP contribution in [0.25, 0.3) is 0 Å². The zero-order valence-electron chi connectivity index (χ0n) is 22.9. The zero-order valence-corrected chi connectivity index (χ0v) is 24.5. The molecular weight excluding hydrogens is 599 g/mol. The molecule has 3 unspecified atom stereocenters. The molecule has 2 fully saturated rings. The number of alkyl halides is 2. The smallest absolute Gasteiger partial charge is 0.338 e. The normalized spacial score (nSPS) is 24.4. The Hall–Kier alpha value is -3.04. The van der Waals surface area contributed by atoms with Crippen LogP contribution in [0.15, 0.2) is 46.0 Å². The Morgan fingerprint density at radius 2 is 2.12 bits per heavy atom. The second-order valence-electron chi connectivity index (χ2n) is 10.9. The average molecular weight is 628 g/mol. The number of esters is 1. The summed E-state index contributed by atoms with van der Waals surface area (Å²) in [6, 6.07) is 0.952. The first kappa shape index (κ1) is 30.4. The number of methoxy groups -OCH3 is 1. The first-order chi connectivity index (χ1) is 19.8. The Kier molecular flexibility index (Phi) is 8.38. The fourth-order valence-corrected chi connectivity index (χ4v) is 6.18. The van der Waals surface area contributed by atoms with E-state index in [2.05, 4.69) is 15.3 Å². The summed E-state index contributed by atoms with van der Waals surface area (Å²) in [5.74, 6) is -5.46. The Labute approximate surface area is 248 Å². The van der Waals surface area contributed by atoms with Gasteiger partial charge in [0.15, 0.2) is 10.8 Å². The number of nitrogens with one attached hydrogen (secondary N) is 1. The van der Waals surface area contributed by atoms with Crippen molar-refractivity contribution in [1.82, 2.24) is 20.3 Å². The van der Waals surface area contributed by atoms with Gasteiger partial charge in [0.2, 0.25) is 0 Å². The Bertz CT molecular complexity index is 1440. The summed E-state index contributed by atoms with van der Waals surface area (Å²) in [4.78, 5) is 40.8. The van der Waals surface area contributed by atoms with Crippen molar-refractivity contribution in [3.63, 3.8) is 0 Å². The molecule has 0 spiro atoms. The topological polar surface area (TPSA) is 117 Å². The molecule has 5 rings (SSSR count). The number of aliphatic carboxylic acids is 1. The number of carbonyl (C=O) groups excluding carboxylic acids is 1. The summed E-state index contributed by atoms with van der Waals surface area (Å²) < 4.78 is 50.6. The number of hydrogen-bond donors (Lipinski definition) is 2. The van der Waals surface area contributed by atoms with Gasteiger partial charge in [-0.05, 0) is 26.3 Å². The van der Waals surface area contributed by atoms with Crippen LogP contribution in [0.2, 0.25) is 5.02 Å². The van der Waals surface area contributed by atoms with E-state index in [1.807, 2.05) is 0 Å². The number of hydrogen-bond acceptors (Lipinski definition) is 10. The van der Waals surface area contributed by atoms with E-state index in [9.17, 15) is 19.1 Å². The maximum Gasteiger partial charge on any atom is 0.338 e. The van der Waals surface area contributed by atoms with Crippen LogP contribution in [0.3, 0.4) is 0 Å². The lowest BCUT2D eigenvalue weighted by Crippen LogP contribution is -2.46. The van der Waals surface area contributed by atoms with E-state index in [0.29, 0.717) is 5.01 Å². The fourth-order valence-electron chi connectivity index (χ4n) is 5.37. The van der Waals surface area contributed by atoms with E-state index < -0.39 is 53.8 Å². The molecule has 0 bridgehead atoms. The van der Waals surface area contributed by atoms with Crippen LogP contribution < -0.4 is 5.32 Å². The predicted octanol–water partition coefficient (Wildman–Crippen LogP) is 3.89. The third kappa shape index (κ3) is 5.65. The molecule has 10 nitrogen and oxygen atoms in total. The first-order valence-electron chi connectivity index (χ1n) is 13.1. The number of halogens is 4. The second-order valence-corrected chi connectivity index (χ2v) is 12.2. The van der Waals surface area contributed by atoms with Crippen LogP contribution in [0.4, 0.5) is 13.2 Å². The number of thiazole rings is 1. The number of rotatable bonds is 9. The Morgan fingerprint density at radius 1 is 1.36 bits per heavy atom. The number of ether oxygens (including phenoxy) is 1. The van der Waals surface area contributed by atoms with Crippen LogP contribution >= 0.6 is 22.9 Å². The standard InChI is InChI=1S/C27H29ClF3N5O5S/c1-26(2,25(38)39)7-9-36-21-17(12-41-36)35(13-27(21,30)31)11-16-18(24(37)40-3)20(14-5-4-6-15(29)19(14)28)34-22(33-16)23-32-8-10-42-23/h4-6,8,10,17,20-21H,7,9,11-13H2,1-3H3,(H,33,34)(H,38,39). The Morgan fingerprint density at radius 3 is 2.79 bits per heavy atom. The van der Waals surface area contributed by atoms with E-state index >= 15 is 8.78 Å². The van der Waals surface area contributed by atoms with Crippen molar-refractivity contribution >= 4 is 40.7 Å². The van der Waals surface area contributed by atoms with Gasteiger partial charge in [-0.15, -0.1) is 11.3 Å². The van der Waals surface area contributed by atoms with Gasteiger partial charge in [-0.3, -0.25) is 19.5 Å². The lowest BCUT2D eigenvalue weighted by molar-refractivity contribution is -0.186. The third-order valence-corrected chi connectivity index (χ3v) is 8.92. The average Bonchev–Trinajstić information content (AvgIpc) is 3.67. The van der Waals surface area contributed by atoms with Crippen molar-refractivity contribution in [2.75, 3.05) is 33.4 Å². The third-order valence-electron chi connectivity index (χ3n) is 7.74. The highest BCUT2D eigenvalue weighted by Crippen LogP contribution is 2.42. The van der Waals surface area contributed by atoms with E-state index in [1.54, 1.807) is 11.6 Å². The van der Waals surface area contributed by atoms with E-state index in [-0.39, 0.29) is 53.8 Å². The van der Waals surface area contributed by atoms with Crippen LogP contribution in [0.1, 0.15) is 36.9 Å². The minimum Gasteiger partial charge on any atom is -0.481 e. The number of aliphatic imine (C=N–C) groups is 1. The summed E-state index contributed by atoms with van der Waals surface area (Å²) in [6.07, 6.45) is 1.67. The highest BCUT2D eigenvalue weighted by molar-refractivity contribution is 7.11. The summed E-state index contributed by atoms with van der Waals surface area (Å²) in [7, 11) is 1.18. The summed E-state index contributed by atoms with van der Waals surface area (Å²) in [5, 5.41) is 15.7. The van der Waals surface area contributed by atoms with Gasteiger partial charge in [-0.2, -0.15) is 5.06 Å². The number of likely N-dealkylation sites (tertiary alicyclic amines) is 1. The van der Waals surface area contributed by atoms with Gasteiger partial charge in [-0.25, -0.2) is 22.9 Å². The number of carboxylic acid groups (broad SMARTS) is 1.